The van der Waals surface area contributed by atoms with E-state index in [0.717, 1.165) is 16.8 Å². The first-order valence-electron chi connectivity index (χ1n) is 8.17. The summed E-state index contributed by atoms with van der Waals surface area (Å²) in [5.41, 5.74) is 5.80. The molecular weight excluding hydrogens is 300 g/mol. The van der Waals surface area contributed by atoms with E-state index in [0.29, 0.717) is 6.42 Å². The Morgan fingerprint density at radius 1 is 1.12 bits per heavy atom. The van der Waals surface area contributed by atoms with Gasteiger partial charge in [0.05, 0.1) is 13.2 Å². The fourth-order valence-electron chi connectivity index (χ4n) is 3.55. The quantitative estimate of drug-likeness (QED) is 0.713. The van der Waals surface area contributed by atoms with Crippen LogP contribution in [0.1, 0.15) is 28.4 Å². The highest BCUT2D eigenvalue weighted by Gasteiger charge is 2.34. The van der Waals surface area contributed by atoms with Crippen molar-refractivity contribution in [3.05, 3.63) is 70.9 Å². The van der Waals surface area contributed by atoms with E-state index in [4.69, 9.17) is 4.74 Å². The van der Waals surface area contributed by atoms with Crippen molar-refractivity contribution in [3.8, 4) is 0 Å². The summed E-state index contributed by atoms with van der Waals surface area (Å²) >= 11 is 0. The van der Waals surface area contributed by atoms with Crippen LogP contribution in [0.4, 0.5) is 0 Å². The second-order valence-electron chi connectivity index (χ2n) is 6.35. The van der Waals surface area contributed by atoms with Crippen molar-refractivity contribution in [1.82, 2.24) is 10.3 Å². The Kier molecular flexibility index (Phi) is 3.62. The van der Waals surface area contributed by atoms with E-state index in [9.17, 15) is 4.79 Å². The van der Waals surface area contributed by atoms with Gasteiger partial charge in [-0.15, -0.1) is 0 Å². The number of esters is 1. The minimum absolute atomic E-state index is 0.0501. The lowest BCUT2D eigenvalue weighted by atomic mass is 9.90. The van der Waals surface area contributed by atoms with Crippen LogP contribution in [-0.2, 0) is 16.0 Å². The van der Waals surface area contributed by atoms with Crippen molar-refractivity contribution < 1.29 is 9.53 Å². The maximum atomic E-state index is 12.2. The molecule has 4 heteroatoms. The van der Waals surface area contributed by atoms with E-state index < -0.39 is 0 Å². The molecule has 1 aliphatic rings. The third kappa shape index (κ3) is 2.39. The molecule has 0 unspecified atom stereocenters. The second kappa shape index (κ2) is 5.80. The Labute approximate surface area is 140 Å². The molecule has 0 saturated carbocycles. The third-order valence-corrected chi connectivity index (χ3v) is 4.81. The molecule has 2 N–H and O–H groups in total. The van der Waals surface area contributed by atoms with E-state index in [1.807, 2.05) is 12.1 Å². The second-order valence-corrected chi connectivity index (χ2v) is 6.35. The lowest BCUT2D eigenvalue weighted by Crippen LogP contribution is -2.45. The Bertz CT molecular complexity index is 896. The molecule has 0 radical (unpaired) electrons. The molecule has 1 aliphatic heterocycles. The first-order valence-corrected chi connectivity index (χ1v) is 8.17. The molecule has 3 aromatic rings. The van der Waals surface area contributed by atoms with Gasteiger partial charge in [-0.05, 0) is 24.1 Å². The fraction of sp³-hybridized carbons (Fsp3) is 0.250. The highest BCUT2D eigenvalue weighted by Crippen LogP contribution is 2.35. The van der Waals surface area contributed by atoms with E-state index >= 15 is 0 Å². The van der Waals surface area contributed by atoms with Crippen LogP contribution in [-0.4, -0.2) is 24.1 Å². The summed E-state index contributed by atoms with van der Waals surface area (Å²) in [5.74, 6) is -0.219. The van der Waals surface area contributed by atoms with Crippen molar-refractivity contribution in [3.63, 3.8) is 0 Å². The van der Waals surface area contributed by atoms with Crippen molar-refractivity contribution in [1.29, 1.82) is 0 Å². The van der Waals surface area contributed by atoms with Crippen LogP contribution in [0.5, 0.6) is 0 Å². The number of ether oxygens (including phenoxy) is 1. The standard InChI is InChI=1S/C20H20N2O2/c1-12-7-9-13(10-8-12)18-19-15(11-17(22-18)20(23)24-2)14-5-3-4-6-16(14)21-19/h3-10,17-18,21-22H,11H2,1-2H3/t17-,18+/m0/s1. The Morgan fingerprint density at radius 3 is 2.62 bits per heavy atom. The zero-order valence-electron chi connectivity index (χ0n) is 13.8. The average molecular weight is 320 g/mol. The minimum Gasteiger partial charge on any atom is -0.468 e. The zero-order chi connectivity index (χ0) is 16.7. The molecule has 4 nitrogen and oxygen atoms in total. The molecule has 0 bridgehead atoms. The number of methoxy groups -OCH3 is 1. The zero-order valence-corrected chi connectivity index (χ0v) is 13.8. The number of aromatic nitrogens is 1. The van der Waals surface area contributed by atoms with Gasteiger partial charge in [-0.2, -0.15) is 0 Å². The first-order chi connectivity index (χ1) is 11.7. The molecule has 0 aliphatic carbocycles. The molecule has 0 amide bonds. The van der Waals surface area contributed by atoms with Crippen LogP contribution in [0.25, 0.3) is 10.9 Å². The lowest BCUT2D eigenvalue weighted by molar-refractivity contribution is -0.143. The third-order valence-electron chi connectivity index (χ3n) is 4.81. The number of carbonyl (C=O) groups excluding carboxylic acids is 1. The van der Waals surface area contributed by atoms with E-state index in [-0.39, 0.29) is 18.1 Å². The number of hydrogen-bond donors (Lipinski definition) is 2. The van der Waals surface area contributed by atoms with Gasteiger partial charge in [0.1, 0.15) is 6.04 Å². The molecule has 0 fully saturated rings. The summed E-state index contributed by atoms with van der Waals surface area (Å²) in [6.07, 6.45) is 0.633. The smallest absolute Gasteiger partial charge is 0.323 e. The largest absolute Gasteiger partial charge is 0.468 e. The van der Waals surface area contributed by atoms with Crippen LogP contribution < -0.4 is 5.32 Å². The predicted molar refractivity (Wildman–Crippen MR) is 94.0 cm³/mol. The van der Waals surface area contributed by atoms with Gasteiger partial charge in [0.25, 0.3) is 0 Å². The van der Waals surface area contributed by atoms with E-state index in [2.05, 4.69) is 53.6 Å². The SMILES string of the molecule is COC(=O)[C@@H]1Cc2c([nH]c3ccccc23)[C@@H](c2ccc(C)cc2)N1. The Hall–Kier alpha value is -2.59. The minimum atomic E-state index is -0.340. The summed E-state index contributed by atoms with van der Waals surface area (Å²) in [4.78, 5) is 15.7. The average Bonchev–Trinajstić information content (AvgIpc) is 2.99. The van der Waals surface area contributed by atoms with Gasteiger partial charge in [-0.1, -0.05) is 48.0 Å². The van der Waals surface area contributed by atoms with Gasteiger partial charge in [0, 0.05) is 23.0 Å². The molecule has 4 rings (SSSR count). The number of para-hydroxylation sites is 1. The van der Waals surface area contributed by atoms with Gasteiger partial charge in [0.2, 0.25) is 0 Å². The number of benzene rings is 2. The molecular formula is C20H20N2O2. The lowest BCUT2D eigenvalue weighted by Gasteiger charge is -2.30. The van der Waals surface area contributed by atoms with Gasteiger partial charge < -0.3 is 9.72 Å². The van der Waals surface area contributed by atoms with E-state index in [1.54, 1.807) is 0 Å². The number of aromatic amines is 1. The molecule has 2 atom stereocenters. The van der Waals surface area contributed by atoms with Gasteiger partial charge >= 0.3 is 5.97 Å². The summed E-state index contributed by atoms with van der Waals surface area (Å²) in [5, 5.41) is 4.63. The maximum Gasteiger partial charge on any atom is 0.323 e. The van der Waals surface area contributed by atoms with Crippen LogP contribution in [0.15, 0.2) is 48.5 Å². The topological polar surface area (TPSA) is 54.1 Å². The summed E-state index contributed by atoms with van der Waals surface area (Å²) in [6, 6.07) is 16.3. The monoisotopic (exact) mass is 320 g/mol. The summed E-state index contributed by atoms with van der Waals surface area (Å²) < 4.78 is 4.99. The van der Waals surface area contributed by atoms with Crippen molar-refractivity contribution in [2.24, 2.45) is 0 Å². The summed E-state index contributed by atoms with van der Waals surface area (Å²) in [7, 11) is 1.44. The molecule has 1 aromatic heterocycles. The molecule has 2 aromatic carbocycles. The van der Waals surface area contributed by atoms with Gasteiger partial charge in [-0.25, -0.2) is 0 Å². The normalized spacial score (nSPS) is 19.9. The number of nitrogens with one attached hydrogen (secondary N) is 2. The number of fused-ring (bicyclic) bond motifs is 3. The van der Waals surface area contributed by atoms with Gasteiger partial charge in [0.15, 0.2) is 0 Å². The molecule has 0 saturated heterocycles. The predicted octanol–water partition coefficient (Wildman–Crippen LogP) is 3.25. The number of hydrogen-bond acceptors (Lipinski definition) is 3. The molecule has 2 heterocycles. The molecule has 0 spiro atoms. The number of aryl methyl sites for hydroxylation is 1. The van der Waals surface area contributed by atoms with Crippen LogP contribution >= 0.6 is 0 Å². The van der Waals surface area contributed by atoms with Crippen molar-refractivity contribution in [2.45, 2.75) is 25.4 Å². The van der Waals surface area contributed by atoms with E-state index in [1.165, 1.54) is 23.6 Å². The summed E-state index contributed by atoms with van der Waals surface area (Å²) in [6.45, 7) is 2.07. The molecule has 122 valence electrons. The van der Waals surface area contributed by atoms with Crippen LogP contribution in [0, 0.1) is 6.92 Å². The Balaban J connectivity index is 1.86. The molecule has 24 heavy (non-hydrogen) atoms. The number of carbonyl (C=O) groups is 1. The maximum absolute atomic E-state index is 12.2. The fourth-order valence-corrected chi connectivity index (χ4v) is 3.55. The Morgan fingerprint density at radius 2 is 1.88 bits per heavy atom. The highest BCUT2D eigenvalue weighted by atomic mass is 16.5. The number of H-pyrrole nitrogens is 1. The van der Waals surface area contributed by atoms with Crippen molar-refractivity contribution >= 4 is 16.9 Å². The highest BCUT2D eigenvalue weighted by molar-refractivity contribution is 5.87. The number of rotatable bonds is 2. The van der Waals surface area contributed by atoms with Crippen LogP contribution in [0.3, 0.4) is 0 Å². The first kappa shape index (κ1) is 15.0. The van der Waals surface area contributed by atoms with Crippen LogP contribution in [0.2, 0.25) is 0 Å². The van der Waals surface area contributed by atoms with Crippen molar-refractivity contribution in [2.75, 3.05) is 7.11 Å². The van der Waals surface area contributed by atoms with Gasteiger partial charge in [-0.3, -0.25) is 10.1 Å².